The second-order valence-corrected chi connectivity index (χ2v) is 7.07. The summed E-state index contributed by atoms with van der Waals surface area (Å²) >= 11 is 0. The molecule has 0 radical (unpaired) electrons. The number of nitrogens with one attached hydrogen (secondary N) is 2. The van der Waals surface area contributed by atoms with Crippen LogP contribution in [0.2, 0.25) is 0 Å². The third-order valence-corrected chi connectivity index (χ3v) is 5.09. The highest BCUT2D eigenvalue weighted by atomic mass is 16.5. The third-order valence-electron chi connectivity index (χ3n) is 5.09. The van der Waals surface area contributed by atoms with Crippen LogP contribution in [0.1, 0.15) is 39.0 Å². The summed E-state index contributed by atoms with van der Waals surface area (Å²) in [5.74, 6) is 0.956. The van der Waals surface area contributed by atoms with Crippen molar-refractivity contribution in [2.75, 3.05) is 26.3 Å². The molecule has 8 nitrogen and oxygen atoms in total. The normalized spacial score (nSPS) is 17.7. The first-order valence-corrected chi connectivity index (χ1v) is 9.80. The standard InChI is InChI=1S/C20H27N3O5/c1-2-27-15-6-8-16(9-7-15)28-14-17(24)21-12-5-13-23-18(25)20(22-19(23)26)10-3-4-11-20/h6-9H,2-5,10-14H2,1H3,(H,21,24)(H,22,26). The van der Waals surface area contributed by atoms with Crippen LogP contribution >= 0.6 is 0 Å². The quantitative estimate of drug-likeness (QED) is 0.496. The van der Waals surface area contributed by atoms with E-state index in [4.69, 9.17) is 9.47 Å². The Hall–Kier alpha value is -2.77. The van der Waals surface area contributed by atoms with E-state index in [9.17, 15) is 14.4 Å². The number of benzene rings is 1. The number of rotatable bonds is 9. The summed E-state index contributed by atoms with van der Waals surface area (Å²) in [7, 11) is 0. The molecular weight excluding hydrogens is 362 g/mol. The van der Waals surface area contributed by atoms with Crippen LogP contribution in [-0.4, -0.2) is 54.6 Å². The van der Waals surface area contributed by atoms with Gasteiger partial charge in [-0.15, -0.1) is 0 Å². The molecule has 1 saturated carbocycles. The molecule has 2 fully saturated rings. The summed E-state index contributed by atoms with van der Waals surface area (Å²) in [6, 6.07) is 6.73. The van der Waals surface area contributed by atoms with E-state index in [0.29, 0.717) is 44.7 Å². The van der Waals surface area contributed by atoms with Gasteiger partial charge in [-0.3, -0.25) is 14.5 Å². The molecule has 152 valence electrons. The second kappa shape index (κ2) is 8.95. The van der Waals surface area contributed by atoms with Gasteiger partial charge in [-0.25, -0.2) is 4.79 Å². The Morgan fingerprint density at radius 1 is 1.14 bits per heavy atom. The van der Waals surface area contributed by atoms with Gasteiger partial charge in [0.1, 0.15) is 17.0 Å². The molecule has 1 aromatic carbocycles. The minimum Gasteiger partial charge on any atom is -0.494 e. The molecule has 3 rings (SSSR count). The summed E-state index contributed by atoms with van der Waals surface area (Å²) in [5, 5.41) is 5.59. The van der Waals surface area contributed by atoms with Crippen molar-refractivity contribution in [3.8, 4) is 11.5 Å². The van der Waals surface area contributed by atoms with Crippen molar-refractivity contribution in [2.45, 2.75) is 44.6 Å². The van der Waals surface area contributed by atoms with Gasteiger partial charge in [0, 0.05) is 13.1 Å². The SMILES string of the molecule is CCOc1ccc(OCC(=O)NCCCN2C(=O)NC3(CCCC3)C2=O)cc1. The van der Waals surface area contributed by atoms with Gasteiger partial charge in [0.25, 0.3) is 11.8 Å². The molecule has 1 aliphatic heterocycles. The van der Waals surface area contributed by atoms with Crippen LogP contribution in [0.15, 0.2) is 24.3 Å². The largest absolute Gasteiger partial charge is 0.494 e. The minimum atomic E-state index is -0.675. The van der Waals surface area contributed by atoms with E-state index in [1.54, 1.807) is 24.3 Å². The van der Waals surface area contributed by atoms with Crippen molar-refractivity contribution >= 4 is 17.8 Å². The van der Waals surface area contributed by atoms with Gasteiger partial charge in [-0.05, 0) is 50.5 Å². The van der Waals surface area contributed by atoms with Gasteiger partial charge in [0.2, 0.25) is 0 Å². The lowest BCUT2D eigenvalue weighted by atomic mass is 9.98. The van der Waals surface area contributed by atoms with Gasteiger partial charge >= 0.3 is 6.03 Å². The fourth-order valence-corrected chi connectivity index (χ4v) is 3.66. The lowest BCUT2D eigenvalue weighted by Gasteiger charge is -2.20. The number of carbonyl (C=O) groups is 3. The molecule has 1 aliphatic carbocycles. The number of amides is 4. The number of urea groups is 1. The van der Waals surface area contributed by atoms with Gasteiger partial charge in [0.05, 0.1) is 6.61 Å². The Bertz CT molecular complexity index is 713. The van der Waals surface area contributed by atoms with Crippen LogP contribution in [0.3, 0.4) is 0 Å². The van der Waals surface area contributed by atoms with Crippen LogP contribution in [0.25, 0.3) is 0 Å². The Morgan fingerprint density at radius 2 is 1.79 bits per heavy atom. The highest BCUT2D eigenvalue weighted by Gasteiger charge is 2.51. The van der Waals surface area contributed by atoms with Crippen LogP contribution < -0.4 is 20.1 Å². The summed E-state index contributed by atoms with van der Waals surface area (Å²) in [6.45, 7) is 3.07. The number of carbonyl (C=O) groups excluding carboxylic acids is 3. The Morgan fingerprint density at radius 3 is 2.43 bits per heavy atom. The summed E-state index contributed by atoms with van der Waals surface area (Å²) in [5.41, 5.74) is -0.675. The zero-order valence-corrected chi connectivity index (χ0v) is 16.2. The van der Waals surface area contributed by atoms with Crippen molar-refractivity contribution in [1.82, 2.24) is 15.5 Å². The van der Waals surface area contributed by atoms with Gasteiger partial charge in [-0.2, -0.15) is 0 Å². The number of imide groups is 1. The van der Waals surface area contributed by atoms with Crippen LogP contribution in [0.5, 0.6) is 11.5 Å². The maximum Gasteiger partial charge on any atom is 0.325 e. The van der Waals surface area contributed by atoms with E-state index in [1.165, 1.54) is 4.90 Å². The first-order valence-electron chi connectivity index (χ1n) is 9.80. The molecule has 0 aromatic heterocycles. The molecule has 1 aromatic rings. The van der Waals surface area contributed by atoms with Gasteiger partial charge < -0.3 is 20.1 Å². The molecule has 4 amide bonds. The van der Waals surface area contributed by atoms with Crippen molar-refractivity contribution in [3.63, 3.8) is 0 Å². The van der Waals surface area contributed by atoms with Gasteiger partial charge in [0.15, 0.2) is 6.61 Å². The lowest BCUT2D eigenvalue weighted by Crippen LogP contribution is -2.44. The Labute approximate surface area is 164 Å². The zero-order chi connectivity index (χ0) is 20.0. The molecule has 1 heterocycles. The monoisotopic (exact) mass is 389 g/mol. The van der Waals surface area contributed by atoms with E-state index >= 15 is 0 Å². The number of hydrogen-bond acceptors (Lipinski definition) is 5. The topological polar surface area (TPSA) is 97.0 Å². The number of nitrogens with zero attached hydrogens (tertiary/aromatic N) is 1. The number of ether oxygens (including phenoxy) is 2. The van der Waals surface area contributed by atoms with E-state index in [1.807, 2.05) is 6.92 Å². The average molecular weight is 389 g/mol. The maximum atomic E-state index is 12.5. The van der Waals surface area contributed by atoms with E-state index in [2.05, 4.69) is 10.6 Å². The second-order valence-electron chi connectivity index (χ2n) is 7.07. The molecule has 1 spiro atoms. The maximum absolute atomic E-state index is 12.5. The third kappa shape index (κ3) is 4.55. The fraction of sp³-hybridized carbons (Fsp3) is 0.550. The Balaban J connectivity index is 1.34. The molecular formula is C20H27N3O5. The van der Waals surface area contributed by atoms with Crippen molar-refractivity contribution < 1.29 is 23.9 Å². The molecule has 2 N–H and O–H groups in total. The molecule has 1 saturated heterocycles. The van der Waals surface area contributed by atoms with Crippen LogP contribution in [0, 0.1) is 0 Å². The fourth-order valence-electron chi connectivity index (χ4n) is 3.66. The minimum absolute atomic E-state index is 0.0970. The highest BCUT2D eigenvalue weighted by molar-refractivity contribution is 6.07. The number of hydrogen-bond donors (Lipinski definition) is 2. The van der Waals surface area contributed by atoms with Gasteiger partial charge in [-0.1, -0.05) is 12.8 Å². The van der Waals surface area contributed by atoms with E-state index in [0.717, 1.165) is 18.6 Å². The van der Waals surface area contributed by atoms with E-state index in [-0.39, 0.29) is 24.5 Å². The molecule has 2 aliphatic rings. The first-order chi connectivity index (χ1) is 13.5. The summed E-state index contributed by atoms with van der Waals surface area (Å²) in [4.78, 5) is 37.8. The van der Waals surface area contributed by atoms with Crippen LogP contribution in [0.4, 0.5) is 4.79 Å². The predicted molar refractivity (Wildman–Crippen MR) is 102 cm³/mol. The smallest absolute Gasteiger partial charge is 0.325 e. The van der Waals surface area contributed by atoms with Crippen molar-refractivity contribution in [3.05, 3.63) is 24.3 Å². The van der Waals surface area contributed by atoms with Crippen molar-refractivity contribution in [1.29, 1.82) is 0 Å². The average Bonchev–Trinajstić information content (AvgIpc) is 3.25. The van der Waals surface area contributed by atoms with Crippen LogP contribution in [-0.2, 0) is 9.59 Å². The summed E-state index contributed by atoms with van der Waals surface area (Å²) in [6.07, 6.45) is 3.86. The Kier molecular flexibility index (Phi) is 6.38. The zero-order valence-electron chi connectivity index (χ0n) is 16.2. The van der Waals surface area contributed by atoms with Crippen molar-refractivity contribution in [2.24, 2.45) is 0 Å². The molecule has 0 unspecified atom stereocenters. The molecule has 28 heavy (non-hydrogen) atoms. The predicted octanol–water partition coefficient (Wildman–Crippen LogP) is 1.83. The summed E-state index contributed by atoms with van der Waals surface area (Å²) < 4.78 is 10.8. The molecule has 8 heteroatoms. The molecule has 0 bridgehead atoms. The highest BCUT2D eigenvalue weighted by Crippen LogP contribution is 2.34. The molecule has 0 atom stereocenters. The lowest BCUT2D eigenvalue weighted by molar-refractivity contribution is -0.131. The van der Waals surface area contributed by atoms with E-state index < -0.39 is 5.54 Å². The first kappa shape index (κ1) is 20.0.